The SMILES string of the molecule is CCNC(=NCc1cccc(OCCN(C)C2CCOCC2)c1)N1CC[C@@H](O)C1. The van der Waals surface area contributed by atoms with E-state index in [2.05, 4.69) is 41.2 Å². The van der Waals surface area contributed by atoms with Crippen molar-refractivity contribution in [2.75, 3.05) is 53.0 Å². The molecule has 0 bridgehead atoms. The number of aliphatic imine (C=N–C) groups is 1. The maximum atomic E-state index is 9.79. The van der Waals surface area contributed by atoms with E-state index in [0.29, 0.717) is 25.7 Å². The van der Waals surface area contributed by atoms with Crippen molar-refractivity contribution < 1.29 is 14.6 Å². The Balaban J connectivity index is 1.49. The second-order valence-corrected chi connectivity index (χ2v) is 7.88. The first-order chi connectivity index (χ1) is 14.2. The summed E-state index contributed by atoms with van der Waals surface area (Å²) < 4.78 is 11.4. The number of β-amino-alcohol motifs (C(OH)–C–C–N with tert-alkyl or cyclic N) is 1. The number of hydrogen-bond acceptors (Lipinski definition) is 5. The highest BCUT2D eigenvalue weighted by Gasteiger charge is 2.22. The monoisotopic (exact) mass is 404 g/mol. The predicted molar refractivity (Wildman–Crippen MR) is 115 cm³/mol. The molecule has 162 valence electrons. The van der Waals surface area contributed by atoms with Crippen molar-refractivity contribution in [3.63, 3.8) is 0 Å². The number of likely N-dealkylation sites (N-methyl/N-ethyl adjacent to an activating group) is 1. The largest absolute Gasteiger partial charge is 0.492 e. The van der Waals surface area contributed by atoms with Crippen molar-refractivity contribution in [1.29, 1.82) is 0 Å². The van der Waals surface area contributed by atoms with Crippen LogP contribution in [0.3, 0.4) is 0 Å². The van der Waals surface area contributed by atoms with E-state index in [1.54, 1.807) is 0 Å². The standard InChI is InChI=1S/C22H36N4O3/c1-3-23-22(26-10-7-20(27)17-26)24-16-18-5-4-6-21(15-18)29-14-11-25(2)19-8-12-28-13-9-19/h4-6,15,19-20,27H,3,7-14,16-17H2,1-2H3,(H,23,24)/t20-/m1/s1. The van der Waals surface area contributed by atoms with Crippen molar-refractivity contribution in [2.45, 2.75) is 44.9 Å². The minimum atomic E-state index is -0.255. The molecule has 1 aromatic carbocycles. The fourth-order valence-corrected chi connectivity index (χ4v) is 3.88. The van der Waals surface area contributed by atoms with Gasteiger partial charge in [0.2, 0.25) is 0 Å². The highest BCUT2D eigenvalue weighted by molar-refractivity contribution is 5.80. The van der Waals surface area contributed by atoms with Gasteiger partial charge in [-0.05, 0) is 50.9 Å². The molecule has 2 aliphatic rings. The van der Waals surface area contributed by atoms with Gasteiger partial charge in [0.05, 0.1) is 12.6 Å². The molecule has 2 saturated heterocycles. The lowest BCUT2D eigenvalue weighted by molar-refractivity contribution is 0.0392. The molecule has 0 aromatic heterocycles. The molecule has 29 heavy (non-hydrogen) atoms. The van der Waals surface area contributed by atoms with Gasteiger partial charge < -0.3 is 24.8 Å². The Hall–Kier alpha value is -1.83. The van der Waals surface area contributed by atoms with Crippen LogP contribution in [0.4, 0.5) is 0 Å². The first kappa shape index (κ1) is 21.9. The van der Waals surface area contributed by atoms with Crippen LogP contribution in [0.15, 0.2) is 29.3 Å². The Bertz CT molecular complexity index is 649. The smallest absolute Gasteiger partial charge is 0.194 e. The van der Waals surface area contributed by atoms with Crippen molar-refractivity contribution >= 4 is 5.96 Å². The molecule has 0 saturated carbocycles. The first-order valence-corrected chi connectivity index (χ1v) is 10.9. The number of benzene rings is 1. The fourth-order valence-electron chi connectivity index (χ4n) is 3.88. The Labute approximate surface area is 174 Å². The Kier molecular flexibility index (Phi) is 8.58. The molecule has 2 N–H and O–H groups in total. The van der Waals surface area contributed by atoms with Gasteiger partial charge in [-0.2, -0.15) is 0 Å². The Morgan fingerprint density at radius 3 is 2.90 bits per heavy atom. The van der Waals surface area contributed by atoms with Gasteiger partial charge >= 0.3 is 0 Å². The Morgan fingerprint density at radius 2 is 2.17 bits per heavy atom. The van der Waals surface area contributed by atoms with E-state index in [4.69, 9.17) is 14.5 Å². The summed E-state index contributed by atoms with van der Waals surface area (Å²) in [5, 5.41) is 13.1. The van der Waals surface area contributed by atoms with E-state index in [9.17, 15) is 5.11 Å². The van der Waals surface area contributed by atoms with E-state index in [-0.39, 0.29) is 6.10 Å². The van der Waals surface area contributed by atoms with E-state index < -0.39 is 0 Å². The number of aliphatic hydroxyl groups is 1. The molecule has 0 amide bonds. The van der Waals surface area contributed by atoms with Gasteiger partial charge in [0.25, 0.3) is 0 Å². The van der Waals surface area contributed by atoms with Gasteiger partial charge in [-0.25, -0.2) is 4.99 Å². The summed E-state index contributed by atoms with van der Waals surface area (Å²) in [5.74, 6) is 1.76. The van der Waals surface area contributed by atoms with Gasteiger partial charge in [0.15, 0.2) is 5.96 Å². The molecule has 1 aromatic rings. The lowest BCUT2D eigenvalue weighted by atomic mass is 10.1. The Morgan fingerprint density at radius 1 is 1.34 bits per heavy atom. The number of guanidine groups is 1. The summed E-state index contributed by atoms with van der Waals surface area (Å²) in [6.45, 7) is 8.28. The van der Waals surface area contributed by atoms with Gasteiger partial charge in [0.1, 0.15) is 12.4 Å². The minimum absolute atomic E-state index is 0.255. The molecule has 3 rings (SSSR count). The summed E-state index contributed by atoms with van der Waals surface area (Å²) in [4.78, 5) is 9.26. The molecule has 7 nitrogen and oxygen atoms in total. The molecule has 2 aliphatic heterocycles. The third-order valence-corrected chi connectivity index (χ3v) is 5.63. The number of likely N-dealkylation sites (tertiary alicyclic amines) is 1. The zero-order valence-corrected chi connectivity index (χ0v) is 17.8. The van der Waals surface area contributed by atoms with Gasteiger partial charge in [0, 0.05) is 45.4 Å². The second-order valence-electron chi connectivity index (χ2n) is 7.88. The van der Waals surface area contributed by atoms with Crippen LogP contribution in [-0.4, -0.2) is 86.1 Å². The zero-order chi connectivity index (χ0) is 20.5. The van der Waals surface area contributed by atoms with E-state index in [0.717, 1.165) is 69.4 Å². The fraction of sp³-hybridized carbons (Fsp3) is 0.682. The molecular weight excluding hydrogens is 368 g/mol. The van der Waals surface area contributed by atoms with Crippen LogP contribution in [0.25, 0.3) is 0 Å². The molecule has 2 fully saturated rings. The van der Waals surface area contributed by atoms with Crippen LogP contribution >= 0.6 is 0 Å². The summed E-state index contributed by atoms with van der Waals surface area (Å²) in [5.41, 5.74) is 1.12. The van der Waals surface area contributed by atoms with Gasteiger partial charge in [-0.3, -0.25) is 4.90 Å². The number of nitrogens with one attached hydrogen (secondary N) is 1. The number of nitrogens with zero attached hydrogens (tertiary/aromatic N) is 3. The van der Waals surface area contributed by atoms with Crippen molar-refractivity contribution in [3.05, 3.63) is 29.8 Å². The highest BCUT2D eigenvalue weighted by atomic mass is 16.5. The number of hydrogen-bond donors (Lipinski definition) is 2. The number of ether oxygens (including phenoxy) is 2. The second kappa shape index (κ2) is 11.4. The molecule has 0 aliphatic carbocycles. The third-order valence-electron chi connectivity index (χ3n) is 5.63. The van der Waals surface area contributed by atoms with Gasteiger partial charge in [-0.15, -0.1) is 0 Å². The highest BCUT2D eigenvalue weighted by Crippen LogP contribution is 2.16. The van der Waals surface area contributed by atoms with Crippen molar-refractivity contribution in [1.82, 2.24) is 15.1 Å². The van der Waals surface area contributed by atoms with E-state index in [1.807, 2.05) is 12.1 Å². The lowest BCUT2D eigenvalue weighted by Crippen LogP contribution is -2.40. The summed E-state index contributed by atoms with van der Waals surface area (Å²) >= 11 is 0. The maximum Gasteiger partial charge on any atom is 0.194 e. The summed E-state index contributed by atoms with van der Waals surface area (Å²) in [6, 6.07) is 8.77. The summed E-state index contributed by atoms with van der Waals surface area (Å²) in [7, 11) is 2.17. The molecule has 1 atom stereocenters. The van der Waals surface area contributed by atoms with Crippen LogP contribution in [-0.2, 0) is 11.3 Å². The molecule has 0 radical (unpaired) electrons. The topological polar surface area (TPSA) is 69.6 Å². The lowest BCUT2D eigenvalue weighted by Gasteiger charge is -2.31. The molecular formula is C22H36N4O3. The quantitative estimate of drug-likeness (QED) is 0.508. The van der Waals surface area contributed by atoms with Crippen LogP contribution < -0.4 is 10.1 Å². The third kappa shape index (κ3) is 6.87. The number of aliphatic hydroxyl groups excluding tert-OH is 1. The molecule has 0 spiro atoms. The minimum Gasteiger partial charge on any atom is -0.492 e. The van der Waals surface area contributed by atoms with Gasteiger partial charge in [-0.1, -0.05) is 12.1 Å². The zero-order valence-electron chi connectivity index (χ0n) is 17.8. The predicted octanol–water partition coefficient (Wildman–Crippen LogP) is 1.71. The number of rotatable bonds is 8. The maximum absolute atomic E-state index is 9.79. The van der Waals surface area contributed by atoms with Crippen molar-refractivity contribution in [2.24, 2.45) is 4.99 Å². The molecule has 2 heterocycles. The van der Waals surface area contributed by atoms with Crippen LogP contribution in [0, 0.1) is 0 Å². The average Bonchev–Trinajstić information content (AvgIpc) is 3.18. The van der Waals surface area contributed by atoms with Crippen LogP contribution in [0.2, 0.25) is 0 Å². The first-order valence-electron chi connectivity index (χ1n) is 10.9. The van der Waals surface area contributed by atoms with Crippen molar-refractivity contribution in [3.8, 4) is 5.75 Å². The molecule has 0 unspecified atom stereocenters. The normalized spacial score (nSPS) is 21.0. The summed E-state index contributed by atoms with van der Waals surface area (Å²) in [6.07, 6.45) is 2.75. The van der Waals surface area contributed by atoms with Crippen LogP contribution in [0.5, 0.6) is 5.75 Å². The van der Waals surface area contributed by atoms with Crippen LogP contribution in [0.1, 0.15) is 31.7 Å². The van der Waals surface area contributed by atoms with E-state index >= 15 is 0 Å². The average molecular weight is 405 g/mol. The van der Waals surface area contributed by atoms with E-state index in [1.165, 1.54) is 0 Å². The molecule has 7 heteroatoms.